The average Bonchev–Trinajstić information content (AvgIpc) is 3.29. The third-order valence-corrected chi connectivity index (χ3v) is 11.6. The van der Waals surface area contributed by atoms with E-state index < -0.39 is 92.7 Å². The number of unbranched alkanes of at least 4 members (excludes halogenated alkanes) is 17. The van der Waals surface area contributed by atoms with Gasteiger partial charge in [0.1, 0.15) is 55.4 Å². The largest absolute Gasteiger partial charge is 0.462 e. The molecule has 0 radical (unpaired) electrons. The van der Waals surface area contributed by atoms with Crippen molar-refractivity contribution in [3.05, 3.63) is 36.5 Å². The van der Waals surface area contributed by atoms with E-state index in [1.165, 1.54) is 57.8 Å². The molecule has 0 aromatic heterocycles. The maximum atomic E-state index is 13.0. The van der Waals surface area contributed by atoms with Gasteiger partial charge in [0.05, 0.1) is 19.8 Å². The van der Waals surface area contributed by atoms with E-state index in [2.05, 4.69) is 50.3 Å². The minimum absolute atomic E-state index is 0.164. The molecule has 372 valence electrons. The summed E-state index contributed by atoms with van der Waals surface area (Å²) in [5.74, 6) is -0.943. The van der Waals surface area contributed by atoms with Gasteiger partial charge in [-0.25, -0.2) is 0 Å². The third kappa shape index (κ3) is 25.0. The summed E-state index contributed by atoms with van der Waals surface area (Å²) in [5.41, 5.74) is 0. The first-order valence-corrected chi connectivity index (χ1v) is 24.6. The predicted molar refractivity (Wildman–Crippen MR) is 243 cm³/mol. The first kappa shape index (κ1) is 57.8. The molecular formula is C49H86O15. The van der Waals surface area contributed by atoms with Crippen LogP contribution in [0.15, 0.2) is 36.5 Å². The molecule has 0 unspecified atom stereocenters. The second-order valence-corrected chi connectivity index (χ2v) is 17.3. The maximum absolute atomic E-state index is 13.0. The van der Waals surface area contributed by atoms with Crippen LogP contribution in [0, 0.1) is 0 Å². The first-order valence-electron chi connectivity index (χ1n) is 24.6. The average molecular weight is 915 g/mol. The number of carbonyl (C=O) groups is 2. The molecule has 2 fully saturated rings. The van der Waals surface area contributed by atoms with Crippen molar-refractivity contribution in [1.82, 2.24) is 0 Å². The predicted octanol–water partition coefficient (Wildman–Crippen LogP) is 6.15. The van der Waals surface area contributed by atoms with Crippen molar-refractivity contribution in [2.45, 2.75) is 235 Å². The molecule has 0 aromatic rings. The van der Waals surface area contributed by atoms with E-state index >= 15 is 0 Å². The third-order valence-electron chi connectivity index (χ3n) is 11.6. The van der Waals surface area contributed by atoms with Gasteiger partial charge >= 0.3 is 11.9 Å². The summed E-state index contributed by atoms with van der Waals surface area (Å²) in [7, 11) is 0. The monoisotopic (exact) mass is 915 g/mol. The topological polar surface area (TPSA) is 231 Å². The molecule has 0 saturated carbocycles. The zero-order chi connectivity index (χ0) is 46.8. The molecule has 2 aliphatic heterocycles. The highest BCUT2D eigenvalue weighted by molar-refractivity contribution is 5.70. The van der Waals surface area contributed by atoms with Crippen molar-refractivity contribution >= 4 is 11.9 Å². The fourth-order valence-corrected chi connectivity index (χ4v) is 7.58. The Labute approximate surface area is 383 Å². The van der Waals surface area contributed by atoms with Crippen LogP contribution < -0.4 is 0 Å². The van der Waals surface area contributed by atoms with Crippen molar-refractivity contribution in [2.24, 2.45) is 0 Å². The van der Waals surface area contributed by atoms with Crippen LogP contribution >= 0.6 is 0 Å². The van der Waals surface area contributed by atoms with E-state index in [-0.39, 0.29) is 26.1 Å². The molecule has 0 amide bonds. The normalized spacial score (nSPS) is 26.9. The van der Waals surface area contributed by atoms with Crippen LogP contribution in [0.5, 0.6) is 0 Å². The number of aliphatic hydroxyl groups excluding tert-OH is 7. The molecule has 11 atom stereocenters. The van der Waals surface area contributed by atoms with Crippen molar-refractivity contribution in [3.8, 4) is 0 Å². The van der Waals surface area contributed by atoms with E-state index in [1.54, 1.807) is 0 Å². The van der Waals surface area contributed by atoms with Crippen LogP contribution in [0.25, 0.3) is 0 Å². The molecule has 2 aliphatic rings. The Morgan fingerprint density at radius 2 is 0.984 bits per heavy atom. The zero-order valence-electron chi connectivity index (χ0n) is 39.0. The Hall–Kier alpha value is -2.28. The lowest BCUT2D eigenvalue weighted by molar-refractivity contribution is -0.332. The summed E-state index contributed by atoms with van der Waals surface area (Å²) in [5, 5.41) is 72.0. The Morgan fingerprint density at radius 3 is 1.55 bits per heavy atom. The molecule has 0 aromatic carbocycles. The van der Waals surface area contributed by atoms with Gasteiger partial charge in [0.2, 0.25) is 0 Å². The van der Waals surface area contributed by atoms with Gasteiger partial charge in [-0.1, -0.05) is 147 Å². The molecule has 15 nitrogen and oxygen atoms in total. The van der Waals surface area contributed by atoms with Gasteiger partial charge < -0.3 is 64.2 Å². The Bertz CT molecular complexity index is 1260. The zero-order valence-corrected chi connectivity index (χ0v) is 39.0. The Morgan fingerprint density at radius 1 is 0.516 bits per heavy atom. The lowest BCUT2D eigenvalue weighted by atomic mass is 9.98. The summed E-state index contributed by atoms with van der Waals surface area (Å²) in [6.45, 7) is 2.45. The number of ether oxygens (including phenoxy) is 6. The highest BCUT2D eigenvalue weighted by Gasteiger charge is 2.47. The van der Waals surface area contributed by atoms with Gasteiger partial charge in [-0.2, -0.15) is 0 Å². The number of hydrogen-bond donors (Lipinski definition) is 7. The first-order chi connectivity index (χ1) is 31.0. The molecule has 0 spiro atoms. The Balaban J connectivity index is 1.83. The van der Waals surface area contributed by atoms with Crippen LogP contribution in [-0.2, 0) is 38.0 Å². The molecule has 0 aliphatic carbocycles. The van der Waals surface area contributed by atoms with Crippen LogP contribution in [0.1, 0.15) is 168 Å². The molecule has 0 bridgehead atoms. The smallest absolute Gasteiger partial charge is 0.306 e. The maximum Gasteiger partial charge on any atom is 0.306 e. The second-order valence-electron chi connectivity index (χ2n) is 17.3. The van der Waals surface area contributed by atoms with Gasteiger partial charge in [-0.3, -0.25) is 9.59 Å². The Kier molecular flexibility index (Phi) is 33.3. The van der Waals surface area contributed by atoms with Crippen LogP contribution in [0.4, 0.5) is 0 Å². The highest BCUT2D eigenvalue weighted by atomic mass is 16.7. The van der Waals surface area contributed by atoms with E-state index in [1.807, 2.05) is 0 Å². The van der Waals surface area contributed by atoms with E-state index in [0.29, 0.717) is 12.8 Å². The SMILES string of the molecule is CC/C=C\C/C=C\C/C=C\CCCCCCCC(=O)OC[C@H](CO[C@@H]1O[C@H](CO[C@H]2O[C@H](CO)[C@H](O)[C@H](O)[C@H]2O)[C@H](O)[C@H](O)[C@H]1O)OC(=O)CCCCCCCCCCCCCCC. The summed E-state index contributed by atoms with van der Waals surface area (Å²) < 4.78 is 33.5. The van der Waals surface area contributed by atoms with Gasteiger partial charge in [0, 0.05) is 12.8 Å². The van der Waals surface area contributed by atoms with Gasteiger partial charge in [-0.05, 0) is 44.9 Å². The lowest BCUT2D eigenvalue weighted by Gasteiger charge is -2.42. The van der Waals surface area contributed by atoms with E-state index in [0.717, 1.165) is 70.6 Å². The summed E-state index contributed by atoms with van der Waals surface area (Å²) in [6.07, 6.45) is 20.3. The molecule has 2 heterocycles. The highest BCUT2D eigenvalue weighted by Crippen LogP contribution is 2.26. The lowest BCUT2D eigenvalue weighted by Crippen LogP contribution is -2.61. The van der Waals surface area contributed by atoms with Gasteiger partial charge in [0.25, 0.3) is 0 Å². The minimum Gasteiger partial charge on any atom is -0.462 e. The van der Waals surface area contributed by atoms with Crippen molar-refractivity contribution in [1.29, 1.82) is 0 Å². The fraction of sp³-hybridized carbons (Fsp3) is 0.837. The second kappa shape index (κ2) is 36.8. The molecule has 2 rings (SSSR count). The van der Waals surface area contributed by atoms with Crippen molar-refractivity contribution in [2.75, 3.05) is 26.4 Å². The van der Waals surface area contributed by atoms with E-state index in [9.17, 15) is 45.3 Å². The summed E-state index contributed by atoms with van der Waals surface area (Å²) in [6, 6.07) is 0. The molecule has 64 heavy (non-hydrogen) atoms. The van der Waals surface area contributed by atoms with E-state index in [4.69, 9.17) is 28.4 Å². The number of hydrogen-bond acceptors (Lipinski definition) is 15. The number of rotatable bonds is 37. The van der Waals surface area contributed by atoms with Crippen LogP contribution in [-0.4, -0.2) is 142 Å². The molecule has 7 N–H and O–H groups in total. The van der Waals surface area contributed by atoms with Crippen LogP contribution in [0.2, 0.25) is 0 Å². The quantitative estimate of drug-likeness (QED) is 0.0211. The summed E-state index contributed by atoms with van der Waals surface area (Å²) >= 11 is 0. The minimum atomic E-state index is -1.77. The number of aliphatic hydroxyl groups is 7. The fourth-order valence-electron chi connectivity index (χ4n) is 7.58. The number of esters is 2. The van der Waals surface area contributed by atoms with Crippen LogP contribution in [0.3, 0.4) is 0 Å². The van der Waals surface area contributed by atoms with Crippen molar-refractivity contribution in [3.63, 3.8) is 0 Å². The molecule has 15 heteroatoms. The summed E-state index contributed by atoms with van der Waals surface area (Å²) in [4.78, 5) is 25.7. The van der Waals surface area contributed by atoms with Crippen molar-refractivity contribution < 1.29 is 73.8 Å². The van der Waals surface area contributed by atoms with Gasteiger partial charge in [0.15, 0.2) is 18.7 Å². The number of allylic oxidation sites excluding steroid dienone is 6. The molecule has 2 saturated heterocycles. The standard InChI is InChI=1S/C49H86O15/c1-3-5-7-9-11-13-15-17-18-20-21-23-25-27-29-31-40(51)59-34-37(62-41(52)32-30-28-26-24-22-19-16-14-12-10-8-6-4-2)35-60-48-47(58)45(56)43(54)39(64-48)36-61-49-46(57)44(55)42(53)38(33-50)63-49/h5,7,11,13,17-18,37-39,42-50,53-58H,3-4,6,8-10,12,14-16,19-36H2,1-2H3/b7-5-,13-11-,18-17-/t37-,38-,39-,42+,43+,44+,45+,46-,47-,48-,49+/m1/s1. The molecular weight excluding hydrogens is 829 g/mol. The number of carbonyl (C=O) groups excluding carboxylic acids is 2. The van der Waals surface area contributed by atoms with Gasteiger partial charge in [-0.15, -0.1) is 0 Å².